The van der Waals surface area contributed by atoms with Crippen LogP contribution in [0.15, 0.2) is 85.1 Å². The first-order chi connectivity index (χ1) is 12.8. The zero-order valence-corrected chi connectivity index (χ0v) is 14.1. The number of fused-ring (bicyclic) bond motifs is 1. The number of nitrogens with zero attached hydrogens (tertiary/aromatic N) is 2. The molecule has 2 aromatic heterocycles. The molecule has 0 aliphatic rings. The highest BCUT2D eigenvalue weighted by atomic mass is 16.2. The van der Waals surface area contributed by atoms with Crippen molar-refractivity contribution in [3.8, 4) is 11.3 Å². The van der Waals surface area contributed by atoms with Crippen LogP contribution in [0.1, 0.15) is 5.56 Å². The molecule has 0 saturated heterocycles. The quantitative estimate of drug-likeness (QED) is 0.580. The first-order valence-corrected chi connectivity index (χ1v) is 8.42. The maximum absolute atomic E-state index is 12.4. The molecule has 0 radical (unpaired) electrons. The molecule has 0 bridgehead atoms. The van der Waals surface area contributed by atoms with Gasteiger partial charge in [0.05, 0.1) is 0 Å². The molecule has 5 nitrogen and oxygen atoms in total. The van der Waals surface area contributed by atoms with Crippen LogP contribution >= 0.6 is 0 Å². The maximum Gasteiger partial charge on any atom is 0.320 e. The van der Waals surface area contributed by atoms with E-state index in [-0.39, 0.29) is 6.03 Å². The third kappa shape index (κ3) is 3.28. The number of urea groups is 1. The predicted octanol–water partition coefficient (Wildman–Crippen LogP) is 4.32. The van der Waals surface area contributed by atoms with Gasteiger partial charge < -0.3 is 5.32 Å². The zero-order chi connectivity index (χ0) is 17.8. The summed E-state index contributed by atoms with van der Waals surface area (Å²) in [7, 11) is 0. The molecular weight excluding hydrogens is 324 g/mol. The lowest BCUT2D eigenvalue weighted by atomic mass is 10.1. The number of hydrogen-bond donors (Lipinski definition) is 2. The van der Waals surface area contributed by atoms with Crippen molar-refractivity contribution in [2.45, 2.75) is 6.54 Å². The number of rotatable bonds is 4. The fourth-order valence-corrected chi connectivity index (χ4v) is 2.84. The molecule has 0 atom stereocenters. The summed E-state index contributed by atoms with van der Waals surface area (Å²) in [5, 5.41) is 5.84. The Morgan fingerprint density at radius 3 is 2.35 bits per heavy atom. The number of imidazole rings is 1. The van der Waals surface area contributed by atoms with E-state index >= 15 is 0 Å². The van der Waals surface area contributed by atoms with Gasteiger partial charge >= 0.3 is 6.03 Å². The van der Waals surface area contributed by atoms with Gasteiger partial charge in [-0.3, -0.25) is 9.72 Å². The van der Waals surface area contributed by atoms with Gasteiger partial charge in [-0.05, 0) is 17.7 Å². The topological polar surface area (TPSA) is 58.4 Å². The van der Waals surface area contributed by atoms with Crippen LogP contribution in [0.4, 0.5) is 10.6 Å². The van der Waals surface area contributed by atoms with Gasteiger partial charge in [-0.25, -0.2) is 9.78 Å². The summed E-state index contributed by atoms with van der Waals surface area (Å²) in [6, 6.07) is 25.1. The van der Waals surface area contributed by atoms with E-state index < -0.39 is 0 Å². The van der Waals surface area contributed by atoms with Crippen LogP contribution in [0, 0.1) is 0 Å². The Morgan fingerprint density at radius 1 is 0.885 bits per heavy atom. The molecule has 0 saturated carbocycles. The van der Waals surface area contributed by atoms with Crippen molar-refractivity contribution in [3.63, 3.8) is 0 Å². The Kier molecular flexibility index (Phi) is 4.35. The summed E-state index contributed by atoms with van der Waals surface area (Å²) in [5.74, 6) is 0.650. The van der Waals surface area contributed by atoms with E-state index in [1.165, 1.54) is 0 Å². The van der Waals surface area contributed by atoms with E-state index in [9.17, 15) is 4.79 Å². The molecule has 26 heavy (non-hydrogen) atoms. The maximum atomic E-state index is 12.4. The van der Waals surface area contributed by atoms with Crippen molar-refractivity contribution in [2.24, 2.45) is 0 Å². The largest absolute Gasteiger partial charge is 0.334 e. The van der Waals surface area contributed by atoms with Gasteiger partial charge in [0.25, 0.3) is 0 Å². The Labute approximate surface area is 151 Å². The van der Waals surface area contributed by atoms with E-state index in [2.05, 4.69) is 15.6 Å². The summed E-state index contributed by atoms with van der Waals surface area (Å²) in [4.78, 5) is 17.1. The van der Waals surface area contributed by atoms with Crippen LogP contribution in [-0.4, -0.2) is 15.4 Å². The molecule has 5 heteroatoms. The van der Waals surface area contributed by atoms with Crippen LogP contribution < -0.4 is 10.6 Å². The molecule has 2 heterocycles. The number of pyridine rings is 1. The lowest BCUT2D eigenvalue weighted by molar-refractivity contribution is 0.251. The number of amides is 2. The van der Waals surface area contributed by atoms with Crippen LogP contribution in [0.25, 0.3) is 16.9 Å². The Bertz CT molecular complexity index is 1030. The highest BCUT2D eigenvalue weighted by Gasteiger charge is 2.15. The second kappa shape index (κ2) is 7.11. The molecule has 2 amide bonds. The second-order valence-electron chi connectivity index (χ2n) is 5.90. The predicted molar refractivity (Wildman–Crippen MR) is 103 cm³/mol. The first-order valence-electron chi connectivity index (χ1n) is 8.42. The first kappa shape index (κ1) is 15.9. The molecule has 0 aliphatic heterocycles. The van der Waals surface area contributed by atoms with Crippen LogP contribution in [0.2, 0.25) is 0 Å². The van der Waals surface area contributed by atoms with E-state index in [1.54, 1.807) is 0 Å². The smallest absolute Gasteiger partial charge is 0.320 e. The highest BCUT2D eigenvalue weighted by molar-refractivity contribution is 5.93. The Balaban J connectivity index is 1.61. The summed E-state index contributed by atoms with van der Waals surface area (Å²) < 4.78 is 1.88. The minimum Gasteiger partial charge on any atom is -0.334 e. The van der Waals surface area contributed by atoms with Gasteiger partial charge in [-0.2, -0.15) is 0 Å². The van der Waals surface area contributed by atoms with E-state index in [1.807, 2.05) is 89.5 Å². The summed E-state index contributed by atoms with van der Waals surface area (Å²) in [6.07, 6.45) is 1.89. The Hall–Kier alpha value is -3.60. The number of carbonyl (C=O) groups is 1. The van der Waals surface area contributed by atoms with Crippen molar-refractivity contribution in [2.75, 3.05) is 5.32 Å². The molecular formula is C21H18N4O. The SMILES string of the molecule is O=C(NCc1ccccc1)Nc1c(-c2ccccc2)nc2ccccn12. The standard InChI is InChI=1S/C21H18N4O/c26-21(22-15-16-9-3-1-4-10-16)24-20-19(17-11-5-2-6-12-17)23-18-13-7-8-14-25(18)20/h1-14H,15H2,(H2,22,24,26). The van der Waals surface area contributed by atoms with Crippen LogP contribution in [0.5, 0.6) is 0 Å². The van der Waals surface area contributed by atoms with Crippen LogP contribution in [-0.2, 0) is 6.54 Å². The fraction of sp³-hybridized carbons (Fsp3) is 0.0476. The molecule has 0 spiro atoms. The highest BCUT2D eigenvalue weighted by Crippen LogP contribution is 2.28. The molecule has 0 aliphatic carbocycles. The number of carbonyl (C=O) groups excluding carboxylic acids is 1. The monoisotopic (exact) mass is 342 g/mol. The molecule has 2 aromatic carbocycles. The fourth-order valence-electron chi connectivity index (χ4n) is 2.84. The second-order valence-corrected chi connectivity index (χ2v) is 5.90. The number of aromatic nitrogens is 2. The number of nitrogens with one attached hydrogen (secondary N) is 2. The molecule has 4 aromatic rings. The molecule has 2 N–H and O–H groups in total. The number of hydrogen-bond acceptors (Lipinski definition) is 2. The molecule has 0 unspecified atom stereocenters. The third-order valence-corrected chi connectivity index (χ3v) is 4.10. The van der Waals surface area contributed by atoms with Crippen molar-refractivity contribution >= 4 is 17.5 Å². The van der Waals surface area contributed by atoms with Gasteiger partial charge in [-0.1, -0.05) is 66.7 Å². The normalized spacial score (nSPS) is 10.6. The molecule has 128 valence electrons. The van der Waals surface area contributed by atoms with Crippen molar-refractivity contribution in [1.29, 1.82) is 0 Å². The van der Waals surface area contributed by atoms with Gasteiger partial charge in [0.15, 0.2) is 0 Å². The van der Waals surface area contributed by atoms with Crippen molar-refractivity contribution < 1.29 is 4.79 Å². The Morgan fingerprint density at radius 2 is 1.58 bits per heavy atom. The van der Waals surface area contributed by atoms with E-state index in [4.69, 9.17) is 0 Å². The van der Waals surface area contributed by atoms with Crippen LogP contribution in [0.3, 0.4) is 0 Å². The average Bonchev–Trinajstić information content (AvgIpc) is 3.06. The lowest BCUT2D eigenvalue weighted by Gasteiger charge is -2.09. The summed E-state index contributed by atoms with van der Waals surface area (Å²) in [5.41, 5.74) is 3.52. The van der Waals surface area contributed by atoms with Gasteiger partial charge in [-0.15, -0.1) is 0 Å². The van der Waals surface area contributed by atoms with E-state index in [0.717, 1.165) is 22.5 Å². The lowest BCUT2D eigenvalue weighted by Crippen LogP contribution is -2.28. The van der Waals surface area contributed by atoms with Gasteiger partial charge in [0, 0.05) is 18.3 Å². The van der Waals surface area contributed by atoms with E-state index in [0.29, 0.717) is 12.4 Å². The number of benzene rings is 2. The molecule has 4 rings (SSSR count). The van der Waals surface area contributed by atoms with Crippen molar-refractivity contribution in [1.82, 2.24) is 14.7 Å². The third-order valence-electron chi connectivity index (χ3n) is 4.10. The van der Waals surface area contributed by atoms with Crippen molar-refractivity contribution in [3.05, 3.63) is 90.6 Å². The summed E-state index contributed by atoms with van der Waals surface area (Å²) in [6.45, 7) is 0.462. The van der Waals surface area contributed by atoms with Gasteiger partial charge in [0.2, 0.25) is 0 Å². The number of anilines is 1. The zero-order valence-electron chi connectivity index (χ0n) is 14.1. The molecule has 0 fully saturated rings. The van der Waals surface area contributed by atoms with Gasteiger partial charge in [0.1, 0.15) is 17.2 Å². The summed E-state index contributed by atoms with van der Waals surface area (Å²) >= 11 is 0. The average molecular weight is 342 g/mol. The minimum absolute atomic E-state index is 0.267. The minimum atomic E-state index is -0.267.